The van der Waals surface area contributed by atoms with E-state index < -0.39 is 0 Å². The summed E-state index contributed by atoms with van der Waals surface area (Å²) in [7, 11) is 1.65. The molecule has 2 nitrogen and oxygen atoms in total. The van der Waals surface area contributed by atoms with E-state index in [-0.39, 0.29) is 5.43 Å². The zero-order valence-electron chi connectivity index (χ0n) is 12.6. The lowest BCUT2D eigenvalue weighted by Gasteiger charge is -2.10. The van der Waals surface area contributed by atoms with Gasteiger partial charge in [0.25, 0.3) is 0 Å². The van der Waals surface area contributed by atoms with Crippen LogP contribution >= 0.6 is 11.3 Å². The lowest BCUT2D eigenvalue weighted by Crippen LogP contribution is -2.03. The van der Waals surface area contributed by atoms with E-state index in [9.17, 15) is 4.79 Å². The molecule has 1 heterocycles. The van der Waals surface area contributed by atoms with E-state index in [1.165, 1.54) is 0 Å². The molecular weight excluding hydrogens is 304 g/mol. The van der Waals surface area contributed by atoms with Crippen LogP contribution in [0.25, 0.3) is 31.3 Å². The van der Waals surface area contributed by atoms with Gasteiger partial charge in [0.05, 0.1) is 7.11 Å². The van der Waals surface area contributed by atoms with Gasteiger partial charge in [0.2, 0.25) is 0 Å². The third kappa shape index (κ3) is 2.30. The predicted molar refractivity (Wildman–Crippen MR) is 97.6 cm³/mol. The minimum atomic E-state index is 0.0795. The molecule has 0 spiro atoms. The first-order valence-corrected chi connectivity index (χ1v) is 8.18. The van der Waals surface area contributed by atoms with E-state index in [2.05, 4.69) is 0 Å². The number of hydrogen-bond acceptors (Lipinski definition) is 3. The van der Waals surface area contributed by atoms with Crippen LogP contribution in [0.4, 0.5) is 0 Å². The molecule has 3 heteroatoms. The maximum atomic E-state index is 13.0. The second-order valence-electron chi connectivity index (χ2n) is 5.34. The number of fused-ring (bicyclic) bond motifs is 2. The minimum absolute atomic E-state index is 0.0795. The Hall–Kier alpha value is -2.65. The summed E-state index contributed by atoms with van der Waals surface area (Å²) in [6, 6.07) is 21.6. The van der Waals surface area contributed by atoms with Crippen LogP contribution in [0.3, 0.4) is 0 Å². The van der Waals surface area contributed by atoms with Crippen molar-refractivity contribution in [3.8, 4) is 16.9 Å². The average Bonchev–Trinajstić information content (AvgIpc) is 2.61. The van der Waals surface area contributed by atoms with Crippen LogP contribution < -0.4 is 10.2 Å². The number of rotatable bonds is 2. The van der Waals surface area contributed by atoms with Gasteiger partial charge >= 0.3 is 0 Å². The molecule has 112 valence electrons. The molecule has 0 N–H and O–H groups in total. The Morgan fingerprint density at radius 2 is 1.61 bits per heavy atom. The largest absolute Gasteiger partial charge is 0.497 e. The molecule has 0 aliphatic carbocycles. The normalized spacial score (nSPS) is 11.0. The summed E-state index contributed by atoms with van der Waals surface area (Å²) in [5, 5.41) is 1.54. The average molecular weight is 318 g/mol. The molecule has 0 saturated heterocycles. The van der Waals surface area contributed by atoms with E-state index in [0.29, 0.717) is 0 Å². The molecule has 0 radical (unpaired) electrons. The molecule has 0 unspecified atom stereocenters. The highest BCUT2D eigenvalue weighted by molar-refractivity contribution is 7.24. The quantitative estimate of drug-likeness (QED) is 0.481. The van der Waals surface area contributed by atoms with E-state index in [0.717, 1.165) is 37.0 Å². The van der Waals surface area contributed by atoms with Crippen LogP contribution in [0.5, 0.6) is 5.75 Å². The van der Waals surface area contributed by atoms with Crippen molar-refractivity contribution < 1.29 is 4.74 Å². The second kappa shape index (κ2) is 5.52. The molecule has 4 aromatic rings. The van der Waals surface area contributed by atoms with E-state index in [4.69, 9.17) is 4.74 Å². The summed E-state index contributed by atoms with van der Waals surface area (Å²) in [4.78, 5) is 13.0. The summed E-state index contributed by atoms with van der Waals surface area (Å²) >= 11 is 1.62. The van der Waals surface area contributed by atoms with Crippen molar-refractivity contribution in [2.45, 2.75) is 0 Å². The zero-order valence-corrected chi connectivity index (χ0v) is 13.4. The Morgan fingerprint density at radius 1 is 0.870 bits per heavy atom. The third-order valence-electron chi connectivity index (χ3n) is 3.97. The van der Waals surface area contributed by atoms with Gasteiger partial charge in [-0.05, 0) is 35.4 Å². The SMILES string of the molecule is COc1cc(-c2ccccc2)c2c(=O)c3ccccc3sc2c1. The highest BCUT2D eigenvalue weighted by atomic mass is 32.1. The predicted octanol–water partition coefficient (Wildman–Crippen LogP) is 5.09. The summed E-state index contributed by atoms with van der Waals surface area (Å²) in [6.45, 7) is 0. The highest BCUT2D eigenvalue weighted by Crippen LogP contribution is 2.35. The maximum Gasteiger partial charge on any atom is 0.196 e. The molecule has 4 rings (SSSR count). The van der Waals surface area contributed by atoms with Crippen LogP contribution in [0, 0.1) is 0 Å². The van der Waals surface area contributed by atoms with Crippen molar-refractivity contribution in [2.75, 3.05) is 7.11 Å². The van der Waals surface area contributed by atoms with Crippen LogP contribution in [0.15, 0.2) is 71.5 Å². The Balaban J connectivity index is 2.20. The Kier molecular flexibility index (Phi) is 3.36. The lowest BCUT2D eigenvalue weighted by atomic mass is 10.0. The molecule has 0 atom stereocenters. The minimum Gasteiger partial charge on any atom is -0.497 e. The highest BCUT2D eigenvalue weighted by Gasteiger charge is 2.13. The standard InChI is InChI=1S/C20H14O2S/c1-22-14-11-16(13-7-3-2-4-8-13)19-18(12-14)23-17-10-6-5-9-15(17)20(19)21/h2-12H,1H3. The van der Waals surface area contributed by atoms with Gasteiger partial charge < -0.3 is 4.74 Å². The monoisotopic (exact) mass is 318 g/mol. The Morgan fingerprint density at radius 3 is 2.39 bits per heavy atom. The molecule has 0 saturated carbocycles. The van der Waals surface area contributed by atoms with Gasteiger partial charge in [-0.2, -0.15) is 0 Å². The molecule has 23 heavy (non-hydrogen) atoms. The van der Waals surface area contributed by atoms with Crippen molar-refractivity contribution in [3.05, 3.63) is 77.0 Å². The van der Waals surface area contributed by atoms with Crippen molar-refractivity contribution in [2.24, 2.45) is 0 Å². The summed E-state index contributed by atoms with van der Waals surface area (Å²) in [6.07, 6.45) is 0. The first-order chi connectivity index (χ1) is 11.3. The molecular formula is C20H14O2S. The summed E-state index contributed by atoms with van der Waals surface area (Å²) < 4.78 is 7.39. The number of hydrogen-bond donors (Lipinski definition) is 0. The fourth-order valence-corrected chi connectivity index (χ4v) is 4.00. The maximum absolute atomic E-state index is 13.0. The number of ether oxygens (including phenoxy) is 1. The fourth-order valence-electron chi connectivity index (χ4n) is 2.86. The van der Waals surface area contributed by atoms with Crippen LogP contribution in [0.2, 0.25) is 0 Å². The van der Waals surface area contributed by atoms with Crippen molar-refractivity contribution in [3.63, 3.8) is 0 Å². The van der Waals surface area contributed by atoms with E-state index in [1.54, 1.807) is 18.4 Å². The molecule has 0 bridgehead atoms. The van der Waals surface area contributed by atoms with Crippen molar-refractivity contribution >= 4 is 31.5 Å². The van der Waals surface area contributed by atoms with E-state index in [1.807, 2.05) is 66.7 Å². The topological polar surface area (TPSA) is 26.3 Å². The summed E-state index contributed by atoms with van der Waals surface area (Å²) in [5.74, 6) is 0.766. The Labute approximate surface area is 137 Å². The first kappa shape index (κ1) is 14.0. The van der Waals surface area contributed by atoms with Gasteiger partial charge in [0, 0.05) is 20.2 Å². The van der Waals surface area contributed by atoms with Gasteiger partial charge in [-0.3, -0.25) is 4.79 Å². The zero-order chi connectivity index (χ0) is 15.8. The number of methoxy groups -OCH3 is 1. The van der Waals surface area contributed by atoms with Gasteiger partial charge in [-0.15, -0.1) is 11.3 Å². The molecule has 0 amide bonds. The van der Waals surface area contributed by atoms with E-state index >= 15 is 0 Å². The van der Waals surface area contributed by atoms with Crippen LogP contribution in [-0.2, 0) is 0 Å². The number of benzene rings is 3. The van der Waals surface area contributed by atoms with Gasteiger partial charge in [-0.1, -0.05) is 42.5 Å². The molecule has 0 fully saturated rings. The lowest BCUT2D eigenvalue weighted by molar-refractivity contribution is 0.415. The summed E-state index contributed by atoms with van der Waals surface area (Å²) in [5.41, 5.74) is 2.03. The molecule has 1 aromatic heterocycles. The van der Waals surface area contributed by atoms with Crippen molar-refractivity contribution in [1.29, 1.82) is 0 Å². The molecule has 0 aliphatic rings. The van der Waals surface area contributed by atoms with Crippen LogP contribution in [-0.4, -0.2) is 7.11 Å². The van der Waals surface area contributed by atoms with Gasteiger partial charge in [0.15, 0.2) is 5.43 Å². The fraction of sp³-hybridized carbons (Fsp3) is 0.0500. The molecule has 3 aromatic carbocycles. The first-order valence-electron chi connectivity index (χ1n) is 7.37. The van der Waals surface area contributed by atoms with Gasteiger partial charge in [0.1, 0.15) is 5.75 Å². The molecule has 0 aliphatic heterocycles. The Bertz CT molecular complexity index is 1070. The smallest absolute Gasteiger partial charge is 0.196 e. The van der Waals surface area contributed by atoms with Crippen LogP contribution in [0.1, 0.15) is 0 Å². The van der Waals surface area contributed by atoms with Crippen molar-refractivity contribution in [1.82, 2.24) is 0 Å². The second-order valence-corrected chi connectivity index (χ2v) is 6.43. The third-order valence-corrected chi connectivity index (χ3v) is 5.09. The van der Waals surface area contributed by atoms with Gasteiger partial charge in [-0.25, -0.2) is 0 Å².